The summed E-state index contributed by atoms with van der Waals surface area (Å²) in [6.07, 6.45) is 2.55. The van der Waals surface area contributed by atoms with Crippen LogP contribution < -0.4 is 5.32 Å². The van der Waals surface area contributed by atoms with Crippen molar-refractivity contribution >= 4 is 17.4 Å². The van der Waals surface area contributed by atoms with Crippen LogP contribution >= 0.6 is 0 Å². The molecule has 9 nitrogen and oxygen atoms in total. The predicted octanol–water partition coefficient (Wildman–Crippen LogP) is 4.81. The van der Waals surface area contributed by atoms with Crippen LogP contribution in [0.4, 0.5) is 19.0 Å². The molecule has 0 aliphatic rings. The Balaban J connectivity index is 1.27. The molecule has 5 rings (SSSR count). The molecule has 0 atom stereocenters. The molecule has 0 bridgehead atoms. The lowest BCUT2D eigenvalue weighted by molar-refractivity contribution is -0.185. The summed E-state index contributed by atoms with van der Waals surface area (Å²) in [5.41, 5.74) is 2.58. The molecule has 1 aromatic carbocycles. The minimum atomic E-state index is -4.52. The van der Waals surface area contributed by atoms with Crippen LogP contribution in [-0.4, -0.2) is 41.4 Å². The van der Waals surface area contributed by atoms with E-state index in [0.717, 1.165) is 48.1 Å². The molecular formula is C25H22F3N7O2. The Morgan fingerprint density at radius 3 is 2.49 bits per heavy atom. The number of halogens is 3. The average Bonchev–Trinajstić information content (AvgIpc) is 3.58. The smallest absolute Gasteiger partial charge is 0.358 e. The van der Waals surface area contributed by atoms with E-state index in [1.54, 1.807) is 35.5 Å². The Bertz CT molecular complexity index is 1580. The highest BCUT2D eigenvalue weighted by molar-refractivity contribution is 5.91. The van der Waals surface area contributed by atoms with Gasteiger partial charge < -0.3 is 9.84 Å². The van der Waals surface area contributed by atoms with Crippen molar-refractivity contribution in [1.82, 2.24) is 29.3 Å². The van der Waals surface area contributed by atoms with Crippen LogP contribution in [0.5, 0.6) is 0 Å². The van der Waals surface area contributed by atoms with Gasteiger partial charge in [0.25, 0.3) is 0 Å². The highest BCUT2D eigenvalue weighted by Gasteiger charge is 2.51. The molecule has 0 radical (unpaired) electrons. The number of carbonyl (C=O) groups is 1. The second-order valence-electron chi connectivity index (χ2n) is 9.17. The molecule has 0 aliphatic heterocycles. The Morgan fingerprint density at radius 2 is 1.81 bits per heavy atom. The van der Waals surface area contributed by atoms with Gasteiger partial charge in [0, 0.05) is 36.5 Å². The summed E-state index contributed by atoms with van der Waals surface area (Å²) in [6.45, 7) is 1.97. The number of amides is 1. The minimum absolute atomic E-state index is 0.00825. The number of rotatable bonds is 6. The molecule has 4 aromatic heterocycles. The van der Waals surface area contributed by atoms with Gasteiger partial charge in [-0.25, -0.2) is 9.97 Å². The summed E-state index contributed by atoms with van der Waals surface area (Å²) in [6, 6.07) is 10.3. The Kier molecular flexibility index (Phi) is 5.81. The summed E-state index contributed by atoms with van der Waals surface area (Å²) >= 11 is 0. The van der Waals surface area contributed by atoms with E-state index in [2.05, 4.69) is 25.5 Å². The number of aryl methyl sites for hydroxylation is 1. The first-order valence-electron chi connectivity index (χ1n) is 11.3. The Labute approximate surface area is 208 Å². The largest absolute Gasteiger partial charge is 0.401 e. The van der Waals surface area contributed by atoms with Crippen molar-refractivity contribution in [2.24, 2.45) is 7.05 Å². The number of imidazole rings is 1. The monoisotopic (exact) mass is 509 g/mol. The molecule has 1 N–H and O–H groups in total. The van der Waals surface area contributed by atoms with Crippen LogP contribution in [0.25, 0.3) is 28.2 Å². The van der Waals surface area contributed by atoms with E-state index in [1.807, 2.05) is 35.8 Å². The quantitative estimate of drug-likeness (QED) is 0.353. The maximum absolute atomic E-state index is 13.2. The normalized spacial score (nSPS) is 12.3. The fraction of sp³-hybridized carbons (Fsp3) is 0.240. The van der Waals surface area contributed by atoms with Crippen LogP contribution in [0.1, 0.15) is 25.2 Å². The molecule has 190 valence electrons. The van der Waals surface area contributed by atoms with Gasteiger partial charge in [-0.3, -0.25) is 13.9 Å². The Hall–Kier alpha value is -4.48. The lowest BCUT2D eigenvalue weighted by Gasteiger charge is -2.24. The minimum Gasteiger partial charge on any atom is -0.358 e. The van der Waals surface area contributed by atoms with Crippen molar-refractivity contribution in [1.29, 1.82) is 0 Å². The predicted molar refractivity (Wildman–Crippen MR) is 129 cm³/mol. The number of anilines is 1. The van der Waals surface area contributed by atoms with Gasteiger partial charge in [-0.05, 0) is 19.4 Å². The third-order valence-corrected chi connectivity index (χ3v) is 6.12. The van der Waals surface area contributed by atoms with Gasteiger partial charge in [-0.2, -0.15) is 18.3 Å². The molecule has 0 aliphatic carbocycles. The highest BCUT2D eigenvalue weighted by Crippen LogP contribution is 2.41. The van der Waals surface area contributed by atoms with Crippen LogP contribution in [0.15, 0.2) is 65.8 Å². The van der Waals surface area contributed by atoms with E-state index in [-0.39, 0.29) is 18.0 Å². The number of carbonyl (C=O) groups excluding carboxylic acids is 1. The number of fused-ring (bicyclic) bond motifs is 1. The summed E-state index contributed by atoms with van der Waals surface area (Å²) < 4.78 is 48.0. The van der Waals surface area contributed by atoms with Crippen molar-refractivity contribution in [3.8, 4) is 22.5 Å². The van der Waals surface area contributed by atoms with Crippen LogP contribution in [0.3, 0.4) is 0 Å². The molecule has 0 spiro atoms. The first-order chi connectivity index (χ1) is 17.5. The van der Waals surface area contributed by atoms with Gasteiger partial charge in [-0.1, -0.05) is 29.4 Å². The fourth-order valence-corrected chi connectivity index (χ4v) is 3.74. The molecule has 5 aromatic rings. The Morgan fingerprint density at radius 1 is 1.05 bits per heavy atom. The molecule has 1 amide bonds. The SMILES string of the molecule is Cn1cc(-c2cc3ncc(-c4ccc(CC(=O)Nc5cc(C(C)(C)C(F)(F)F)on5)cc4)n3cn2)cn1. The molecule has 0 saturated carbocycles. The van der Waals surface area contributed by atoms with Crippen molar-refractivity contribution in [3.63, 3.8) is 0 Å². The van der Waals surface area contributed by atoms with Gasteiger partial charge in [0.2, 0.25) is 5.91 Å². The maximum atomic E-state index is 13.2. The summed E-state index contributed by atoms with van der Waals surface area (Å²) in [4.78, 5) is 21.4. The number of aromatic nitrogens is 6. The zero-order chi connectivity index (χ0) is 26.4. The van der Waals surface area contributed by atoms with E-state index in [9.17, 15) is 18.0 Å². The third-order valence-electron chi connectivity index (χ3n) is 6.12. The summed E-state index contributed by atoms with van der Waals surface area (Å²) in [5, 5.41) is 10.2. The molecule has 0 saturated heterocycles. The molecule has 4 heterocycles. The highest BCUT2D eigenvalue weighted by atomic mass is 19.4. The van der Waals surface area contributed by atoms with E-state index < -0.39 is 17.5 Å². The zero-order valence-electron chi connectivity index (χ0n) is 20.1. The second kappa shape index (κ2) is 8.87. The number of hydrogen-bond acceptors (Lipinski definition) is 6. The fourth-order valence-electron chi connectivity index (χ4n) is 3.74. The lowest BCUT2D eigenvalue weighted by atomic mass is 9.89. The summed E-state index contributed by atoms with van der Waals surface area (Å²) in [5.74, 6) is -0.882. The topological polar surface area (TPSA) is 103 Å². The first-order valence-corrected chi connectivity index (χ1v) is 11.3. The number of benzene rings is 1. The number of nitrogens with zero attached hydrogens (tertiary/aromatic N) is 6. The number of alkyl halides is 3. The molecular weight excluding hydrogens is 487 g/mol. The van der Waals surface area contributed by atoms with Crippen molar-refractivity contribution in [3.05, 3.63) is 72.6 Å². The summed E-state index contributed by atoms with van der Waals surface area (Å²) in [7, 11) is 1.84. The van der Waals surface area contributed by atoms with E-state index in [4.69, 9.17) is 4.52 Å². The zero-order valence-corrected chi connectivity index (χ0v) is 20.1. The van der Waals surface area contributed by atoms with Gasteiger partial charge in [0.05, 0.1) is 30.2 Å². The molecule has 0 unspecified atom stereocenters. The van der Waals surface area contributed by atoms with Gasteiger partial charge >= 0.3 is 6.18 Å². The number of nitrogens with one attached hydrogen (secondary N) is 1. The maximum Gasteiger partial charge on any atom is 0.401 e. The second-order valence-corrected chi connectivity index (χ2v) is 9.17. The number of hydrogen-bond donors (Lipinski definition) is 1. The molecule has 0 fully saturated rings. The standard InChI is InChI=1S/C25H22F3N7O2/c1-24(2,25(26,27)28)20-10-21(33-37-20)32-23(36)8-15-4-6-16(7-5-15)19-12-29-22-9-18(30-14-35(19)22)17-11-31-34(3)13-17/h4-7,9-14H,8H2,1-3H3,(H,32,33,36). The van der Waals surface area contributed by atoms with Gasteiger partial charge in [0.15, 0.2) is 11.6 Å². The van der Waals surface area contributed by atoms with Crippen molar-refractivity contribution in [2.75, 3.05) is 5.32 Å². The van der Waals surface area contributed by atoms with Crippen LogP contribution in [0, 0.1) is 0 Å². The van der Waals surface area contributed by atoms with Crippen LogP contribution in [0.2, 0.25) is 0 Å². The lowest BCUT2D eigenvalue weighted by Crippen LogP contribution is -2.35. The first kappa shape index (κ1) is 24.2. The van der Waals surface area contributed by atoms with Crippen LogP contribution in [-0.2, 0) is 23.7 Å². The third kappa shape index (κ3) is 4.69. The molecule has 12 heteroatoms. The van der Waals surface area contributed by atoms with E-state index in [1.165, 1.54) is 0 Å². The van der Waals surface area contributed by atoms with Crippen molar-refractivity contribution < 1.29 is 22.5 Å². The van der Waals surface area contributed by atoms with Crippen molar-refractivity contribution in [2.45, 2.75) is 31.9 Å². The van der Waals surface area contributed by atoms with Gasteiger partial charge in [-0.15, -0.1) is 0 Å². The average molecular weight is 509 g/mol. The molecule has 37 heavy (non-hydrogen) atoms. The van der Waals surface area contributed by atoms with Gasteiger partial charge in [0.1, 0.15) is 17.4 Å². The van der Waals surface area contributed by atoms with E-state index in [0.29, 0.717) is 5.56 Å². The van der Waals surface area contributed by atoms with E-state index >= 15 is 0 Å².